The van der Waals surface area contributed by atoms with Crippen LogP contribution in [0.2, 0.25) is 5.02 Å². The first-order valence-corrected chi connectivity index (χ1v) is 9.56. The van der Waals surface area contributed by atoms with Crippen LogP contribution in [0.25, 0.3) is 39.1 Å². The lowest BCUT2D eigenvalue weighted by Crippen LogP contribution is -2.23. The van der Waals surface area contributed by atoms with E-state index in [2.05, 4.69) is 19.9 Å². The Bertz CT molecular complexity index is 1490. The fourth-order valence-corrected chi connectivity index (χ4v) is 3.58. The third-order valence-corrected chi connectivity index (χ3v) is 5.13. The van der Waals surface area contributed by atoms with Crippen LogP contribution in [0.1, 0.15) is 5.69 Å². The Hall–Kier alpha value is -3.84. The molecule has 5 rings (SSSR count). The van der Waals surface area contributed by atoms with Gasteiger partial charge in [0.25, 0.3) is 5.56 Å². The van der Waals surface area contributed by atoms with Crippen LogP contribution in [-0.4, -0.2) is 24.5 Å². The molecular weight excluding hydrogens is 400 g/mol. The van der Waals surface area contributed by atoms with Crippen LogP contribution < -0.4 is 11.3 Å². The van der Waals surface area contributed by atoms with Gasteiger partial charge in [0.2, 0.25) is 0 Å². The third kappa shape index (κ3) is 2.87. The van der Waals surface area contributed by atoms with E-state index in [1.807, 2.05) is 19.1 Å². The molecule has 146 valence electrons. The van der Waals surface area contributed by atoms with E-state index in [4.69, 9.17) is 17.3 Å². The van der Waals surface area contributed by atoms with Gasteiger partial charge >= 0.3 is 0 Å². The molecule has 0 fully saturated rings. The highest BCUT2D eigenvalue weighted by Crippen LogP contribution is 2.30. The summed E-state index contributed by atoms with van der Waals surface area (Å²) >= 11 is 6.04. The number of aryl methyl sites for hydroxylation is 1. The number of nitrogen functional groups attached to an aromatic ring is 1. The summed E-state index contributed by atoms with van der Waals surface area (Å²) < 4.78 is 1.53. The van der Waals surface area contributed by atoms with Gasteiger partial charge in [-0.3, -0.25) is 14.3 Å². The maximum absolute atomic E-state index is 13.7. The number of benzene rings is 1. The molecule has 1 aromatic carbocycles. The number of hydrogen-bond acceptors (Lipinski definition) is 6. The predicted molar refractivity (Wildman–Crippen MR) is 118 cm³/mol. The first-order chi connectivity index (χ1) is 14.5. The number of aromatic nitrogens is 5. The van der Waals surface area contributed by atoms with Gasteiger partial charge in [0, 0.05) is 28.5 Å². The molecule has 8 heteroatoms. The Morgan fingerprint density at radius 2 is 1.70 bits per heavy atom. The number of rotatable bonds is 2. The number of halogens is 1. The Balaban J connectivity index is 1.90. The summed E-state index contributed by atoms with van der Waals surface area (Å²) in [6.45, 7) is 1.86. The van der Waals surface area contributed by atoms with Crippen LogP contribution in [0, 0.1) is 6.92 Å². The van der Waals surface area contributed by atoms with Gasteiger partial charge in [0.15, 0.2) is 5.65 Å². The zero-order chi connectivity index (χ0) is 20.8. The van der Waals surface area contributed by atoms with E-state index in [1.165, 1.54) is 4.57 Å². The number of nitrogens with zero attached hydrogens (tertiary/aromatic N) is 5. The quantitative estimate of drug-likeness (QED) is 0.469. The molecule has 0 atom stereocenters. The summed E-state index contributed by atoms with van der Waals surface area (Å²) in [6.07, 6.45) is 3.15. The molecule has 4 aromatic heterocycles. The molecule has 0 unspecified atom stereocenters. The van der Waals surface area contributed by atoms with E-state index in [0.29, 0.717) is 44.3 Å². The van der Waals surface area contributed by atoms with Gasteiger partial charge in [0.1, 0.15) is 11.2 Å². The maximum atomic E-state index is 13.7. The topological polar surface area (TPSA) is 99.6 Å². The van der Waals surface area contributed by atoms with Gasteiger partial charge in [-0.15, -0.1) is 0 Å². The summed E-state index contributed by atoms with van der Waals surface area (Å²) in [7, 11) is 0. The highest BCUT2D eigenvalue weighted by Gasteiger charge is 2.20. The van der Waals surface area contributed by atoms with E-state index in [9.17, 15) is 4.79 Å². The number of anilines is 1. The highest BCUT2D eigenvalue weighted by atomic mass is 35.5. The average Bonchev–Trinajstić information content (AvgIpc) is 2.75. The molecule has 30 heavy (non-hydrogen) atoms. The van der Waals surface area contributed by atoms with Gasteiger partial charge in [0.05, 0.1) is 22.6 Å². The van der Waals surface area contributed by atoms with Crippen molar-refractivity contribution in [2.75, 3.05) is 5.73 Å². The smallest absolute Gasteiger partial charge is 0.268 e. The predicted octanol–water partition coefficient (Wildman–Crippen LogP) is 3.93. The molecule has 0 aliphatic heterocycles. The van der Waals surface area contributed by atoms with Crippen LogP contribution in [0.4, 0.5) is 5.69 Å². The molecular formula is C22H15ClN6O. The molecule has 7 nitrogen and oxygen atoms in total. The van der Waals surface area contributed by atoms with E-state index in [-0.39, 0.29) is 11.1 Å². The van der Waals surface area contributed by atoms with Gasteiger partial charge in [-0.2, -0.15) is 0 Å². The number of fused-ring (bicyclic) bond motifs is 2. The van der Waals surface area contributed by atoms with Crippen LogP contribution in [0.5, 0.6) is 0 Å². The number of hydrogen-bond donors (Lipinski definition) is 1. The zero-order valence-electron chi connectivity index (χ0n) is 15.9. The lowest BCUT2D eigenvalue weighted by Gasteiger charge is -2.15. The SMILES string of the molecule is Cc1ccc2c(N)c(-c3ccc4nccnc4n3)c(=O)n(-c3ccc(Cl)cc3)c2n1. The van der Waals surface area contributed by atoms with Crippen molar-refractivity contribution in [1.29, 1.82) is 0 Å². The molecule has 0 aliphatic rings. The van der Waals surface area contributed by atoms with Gasteiger partial charge in [-0.1, -0.05) is 11.6 Å². The molecule has 0 saturated heterocycles. The Morgan fingerprint density at radius 1 is 0.933 bits per heavy atom. The molecule has 0 spiro atoms. The first-order valence-electron chi connectivity index (χ1n) is 9.19. The monoisotopic (exact) mass is 414 g/mol. The van der Waals surface area contributed by atoms with Gasteiger partial charge in [-0.25, -0.2) is 15.0 Å². The van der Waals surface area contributed by atoms with Crippen molar-refractivity contribution in [3.8, 4) is 16.9 Å². The van der Waals surface area contributed by atoms with Crippen molar-refractivity contribution in [1.82, 2.24) is 24.5 Å². The van der Waals surface area contributed by atoms with Crippen molar-refractivity contribution in [3.63, 3.8) is 0 Å². The lowest BCUT2D eigenvalue weighted by molar-refractivity contribution is 1.01. The first kappa shape index (κ1) is 18.2. The molecule has 0 bridgehead atoms. The van der Waals surface area contributed by atoms with E-state index in [1.54, 1.807) is 48.8 Å². The largest absolute Gasteiger partial charge is 0.397 e. The number of nitrogens with two attached hydrogens (primary N) is 1. The zero-order valence-corrected chi connectivity index (χ0v) is 16.6. The summed E-state index contributed by atoms with van der Waals surface area (Å²) in [6, 6.07) is 14.2. The molecule has 0 aliphatic carbocycles. The molecule has 0 saturated carbocycles. The molecule has 2 N–H and O–H groups in total. The molecule has 4 heterocycles. The lowest BCUT2D eigenvalue weighted by atomic mass is 10.1. The molecule has 5 aromatic rings. The van der Waals surface area contributed by atoms with Crippen LogP contribution in [-0.2, 0) is 0 Å². The van der Waals surface area contributed by atoms with E-state index < -0.39 is 0 Å². The normalized spacial score (nSPS) is 11.3. The highest BCUT2D eigenvalue weighted by molar-refractivity contribution is 6.30. The minimum atomic E-state index is -0.323. The number of pyridine rings is 3. The van der Waals surface area contributed by atoms with Crippen molar-refractivity contribution in [2.24, 2.45) is 0 Å². The van der Waals surface area contributed by atoms with Crippen molar-refractivity contribution in [3.05, 3.63) is 82.0 Å². The molecule has 0 radical (unpaired) electrons. The second kappa shape index (κ2) is 6.89. The average molecular weight is 415 g/mol. The summed E-state index contributed by atoms with van der Waals surface area (Å²) in [5.74, 6) is 0. The Kier molecular flexibility index (Phi) is 4.18. The van der Waals surface area contributed by atoms with Crippen LogP contribution in [0.3, 0.4) is 0 Å². The van der Waals surface area contributed by atoms with Gasteiger partial charge < -0.3 is 5.73 Å². The Morgan fingerprint density at radius 3 is 2.50 bits per heavy atom. The molecule has 0 amide bonds. The van der Waals surface area contributed by atoms with E-state index in [0.717, 1.165) is 5.69 Å². The van der Waals surface area contributed by atoms with Crippen LogP contribution >= 0.6 is 11.6 Å². The minimum absolute atomic E-state index is 0.288. The Labute approximate surface area is 175 Å². The van der Waals surface area contributed by atoms with Crippen molar-refractivity contribution < 1.29 is 0 Å². The summed E-state index contributed by atoms with van der Waals surface area (Å²) in [5, 5.41) is 1.23. The second-order valence-electron chi connectivity index (χ2n) is 6.83. The summed E-state index contributed by atoms with van der Waals surface area (Å²) in [4.78, 5) is 31.3. The second-order valence-corrected chi connectivity index (χ2v) is 7.26. The summed E-state index contributed by atoms with van der Waals surface area (Å²) in [5.41, 5.74) is 10.1. The maximum Gasteiger partial charge on any atom is 0.268 e. The standard InChI is InChI=1S/C22H15ClN6O/c1-12-2-7-15-19(24)18(16-8-9-17-20(28-16)26-11-10-25-17)22(30)29(21(15)27-12)14-5-3-13(23)4-6-14/h2-11H,24H2,1H3. The fourth-order valence-electron chi connectivity index (χ4n) is 3.45. The third-order valence-electron chi connectivity index (χ3n) is 4.88. The van der Waals surface area contributed by atoms with Gasteiger partial charge in [-0.05, 0) is 55.5 Å². The fraction of sp³-hybridized carbons (Fsp3) is 0.0455. The minimum Gasteiger partial charge on any atom is -0.397 e. The van der Waals surface area contributed by atoms with Crippen LogP contribution in [0.15, 0.2) is 65.7 Å². The van der Waals surface area contributed by atoms with Crippen molar-refractivity contribution >= 4 is 39.5 Å². The van der Waals surface area contributed by atoms with Crippen molar-refractivity contribution in [2.45, 2.75) is 6.92 Å². The van der Waals surface area contributed by atoms with E-state index >= 15 is 0 Å².